The summed E-state index contributed by atoms with van der Waals surface area (Å²) in [6.07, 6.45) is 7.06. The molecule has 1 atom stereocenters. The topological polar surface area (TPSA) is 29.9 Å². The minimum absolute atomic E-state index is 0.541. The van der Waals surface area contributed by atoms with Gasteiger partial charge in [0.2, 0.25) is 0 Å². The fourth-order valence-electron chi connectivity index (χ4n) is 2.51. The fourth-order valence-corrected chi connectivity index (χ4v) is 3.15. The predicted molar refractivity (Wildman–Crippen MR) is 74.5 cm³/mol. The van der Waals surface area contributed by atoms with Gasteiger partial charge in [-0.15, -0.1) is 0 Å². The zero-order chi connectivity index (χ0) is 12.1. The molecular weight excluding hydrogens is 230 g/mol. The second-order valence-corrected chi connectivity index (χ2v) is 6.01. The van der Waals surface area contributed by atoms with Crippen LogP contribution in [0.1, 0.15) is 43.5 Å². The number of fused-ring (bicyclic) bond motifs is 1. The molecule has 0 spiro atoms. The Morgan fingerprint density at radius 3 is 3.29 bits per heavy atom. The van der Waals surface area contributed by atoms with Gasteiger partial charge in [-0.1, -0.05) is 6.92 Å². The minimum Gasteiger partial charge on any atom is -0.310 e. The molecular formula is C13H23N3S. The molecule has 1 N–H and O–H groups in total. The van der Waals surface area contributed by atoms with Crippen LogP contribution in [0.15, 0.2) is 6.20 Å². The Kier molecular flexibility index (Phi) is 4.92. The monoisotopic (exact) mass is 253 g/mol. The highest BCUT2D eigenvalue weighted by Crippen LogP contribution is 2.28. The van der Waals surface area contributed by atoms with Crippen LogP contribution >= 0.6 is 11.8 Å². The van der Waals surface area contributed by atoms with Crippen molar-refractivity contribution in [2.45, 2.75) is 38.6 Å². The summed E-state index contributed by atoms with van der Waals surface area (Å²) in [6.45, 7) is 3.35. The quantitative estimate of drug-likeness (QED) is 0.790. The third kappa shape index (κ3) is 3.26. The Hall–Kier alpha value is -0.480. The lowest BCUT2D eigenvalue weighted by Gasteiger charge is -2.23. The van der Waals surface area contributed by atoms with Crippen LogP contribution in [0, 0.1) is 0 Å². The van der Waals surface area contributed by atoms with Crippen LogP contribution in [0.5, 0.6) is 0 Å². The molecule has 1 aromatic rings. The van der Waals surface area contributed by atoms with E-state index in [0.717, 1.165) is 6.54 Å². The molecule has 96 valence electrons. The van der Waals surface area contributed by atoms with E-state index in [4.69, 9.17) is 0 Å². The third-order valence-corrected chi connectivity index (χ3v) is 4.42. The number of thioether (sulfide) groups is 1. The Morgan fingerprint density at radius 2 is 2.47 bits per heavy atom. The molecule has 1 aliphatic rings. The van der Waals surface area contributed by atoms with E-state index in [1.165, 1.54) is 48.4 Å². The molecule has 0 amide bonds. The number of rotatable bonds is 6. The van der Waals surface area contributed by atoms with E-state index in [0.29, 0.717) is 6.04 Å². The highest BCUT2D eigenvalue weighted by molar-refractivity contribution is 7.99. The molecule has 1 aliphatic carbocycles. The highest BCUT2D eigenvalue weighted by Gasteiger charge is 2.22. The van der Waals surface area contributed by atoms with Gasteiger partial charge >= 0.3 is 0 Å². The van der Waals surface area contributed by atoms with Crippen molar-refractivity contribution in [3.63, 3.8) is 0 Å². The van der Waals surface area contributed by atoms with Crippen molar-refractivity contribution in [3.05, 3.63) is 17.5 Å². The highest BCUT2D eigenvalue weighted by atomic mass is 32.2. The SMILES string of the molecule is CCSCCCNC1CCCc2c1cnn2C. The first-order valence-electron chi connectivity index (χ1n) is 6.64. The molecule has 3 nitrogen and oxygen atoms in total. The van der Waals surface area contributed by atoms with E-state index in [-0.39, 0.29) is 0 Å². The summed E-state index contributed by atoms with van der Waals surface area (Å²) in [5.41, 5.74) is 2.86. The summed E-state index contributed by atoms with van der Waals surface area (Å²) >= 11 is 2.03. The molecule has 0 saturated carbocycles. The molecule has 1 aromatic heterocycles. The number of nitrogens with zero attached hydrogens (tertiary/aromatic N) is 2. The van der Waals surface area contributed by atoms with E-state index in [9.17, 15) is 0 Å². The number of nitrogens with one attached hydrogen (secondary N) is 1. The number of aromatic nitrogens is 2. The van der Waals surface area contributed by atoms with Crippen LogP contribution in [-0.2, 0) is 13.5 Å². The summed E-state index contributed by atoms with van der Waals surface area (Å²) in [5, 5.41) is 8.06. The lowest BCUT2D eigenvalue weighted by molar-refractivity contribution is 0.454. The van der Waals surface area contributed by atoms with E-state index < -0.39 is 0 Å². The molecule has 1 unspecified atom stereocenters. The maximum absolute atomic E-state index is 4.38. The van der Waals surface area contributed by atoms with Gasteiger partial charge in [-0.2, -0.15) is 16.9 Å². The van der Waals surface area contributed by atoms with Crippen molar-refractivity contribution >= 4 is 11.8 Å². The van der Waals surface area contributed by atoms with E-state index >= 15 is 0 Å². The van der Waals surface area contributed by atoms with E-state index in [1.807, 2.05) is 22.6 Å². The van der Waals surface area contributed by atoms with Crippen LogP contribution < -0.4 is 5.32 Å². The maximum atomic E-state index is 4.38. The first-order valence-corrected chi connectivity index (χ1v) is 7.80. The average Bonchev–Trinajstić information content (AvgIpc) is 2.72. The van der Waals surface area contributed by atoms with Crippen molar-refractivity contribution in [1.29, 1.82) is 0 Å². The molecule has 2 rings (SSSR count). The van der Waals surface area contributed by atoms with Gasteiger partial charge in [0.25, 0.3) is 0 Å². The van der Waals surface area contributed by atoms with Gasteiger partial charge in [-0.25, -0.2) is 0 Å². The van der Waals surface area contributed by atoms with Crippen molar-refractivity contribution in [1.82, 2.24) is 15.1 Å². The zero-order valence-electron chi connectivity index (χ0n) is 10.9. The number of hydrogen-bond donors (Lipinski definition) is 1. The van der Waals surface area contributed by atoms with Gasteiger partial charge in [0.15, 0.2) is 0 Å². The second-order valence-electron chi connectivity index (χ2n) is 4.62. The molecule has 0 saturated heterocycles. The Labute approximate surface area is 108 Å². The van der Waals surface area contributed by atoms with Crippen LogP contribution in [-0.4, -0.2) is 27.8 Å². The Balaban J connectivity index is 1.82. The lowest BCUT2D eigenvalue weighted by atomic mass is 9.93. The van der Waals surface area contributed by atoms with Gasteiger partial charge in [-0.3, -0.25) is 4.68 Å². The second kappa shape index (κ2) is 6.45. The third-order valence-electron chi connectivity index (χ3n) is 3.44. The van der Waals surface area contributed by atoms with Crippen molar-refractivity contribution in [2.24, 2.45) is 7.05 Å². The van der Waals surface area contributed by atoms with Crippen molar-refractivity contribution in [3.8, 4) is 0 Å². The lowest BCUT2D eigenvalue weighted by Crippen LogP contribution is -2.26. The van der Waals surface area contributed by atoms with Gasteiger partial charge in [-0.05, 0) is 43.7 Å². The maximum Gasteiger partial charge on any atom is 0.0540 e. The minimum atomic E-state index is 0.541. The summed E-state index contributed by atoms with van der Waals surface area (Å²) in [5.74, 6) is 2.51. The Bertz CT molecular complexity index is 348. The molecule has 0 fully saturated rings. The van der Waals surface area contributed by atoms with Crippen LogP contribution in [0.2, 0.25) is 0 Å². The Morgan fingerprint density at radius 1 is 1.59 bits per heavy atom. The fraction of sp³-hybridized carbons (Fsp3) is 0.769. The van der Waals surface area contributed by atoms with Crippen LogP contribution in [0.3, 0.4) is 0 Å². The first kappa shape index (κ1) is 13.0. The summed E-state index contributed by atoms with van der Waals surface area (Å²) < 4.78 is 2.04. The summed E-state index contributed by atoms with van der Waals surface area (Å²) in [4.78, 5) is 0. The van der Waals surface area contributed by atoms with E-state index in [2.05, 4.69) is 24.4 Å². The van der Waals surface area contributed by atoms with Crippen molar-refractivity contribution < 1.29 is 0 Å². The summed E-state index contributed by atoms with van der Waals surface area (Å²) in [6, 6.07) is 0.541. The number of aryl methyl sites for hydroxylation is 1. The van der Waals surface area contributed by atoms with E-state index in [1.54, 1.807) is 0 Å². The molecule has 0 aromatic carbocycles. The zero-order valence-corrected chi connectivity index (χ0v) is 11.7. The molecule has 0 radical (unpaired) electrons. The molecule has 0 bridgehead atoms. The number of hydrogen-bond acceptors (Lipinski definition) is 3. The molecule has 4 heteroatoms. The van der Waals surface area contributed by atoms with Crippen LogP contribution in [0.25, 0.3) is 0 Å². The standard InChI is InChI=1S/C13H23N3S/c1-3-17-9-5-8-14-12-6-4-7-13-11(12)10-15-16(13)2/h10,12,14H,3-9H2,1-2H3. The molecule has 17 heavy (non-hydrogen) atoms. The predicted octanol–water partition coefficient (Wildman–Crippen LogP) is 2.53. The first-order chi connectivity index (χ1) is 8.33. The molecule has 1 heterocycles. The van der Waals surface area contributed by atoms with Gasteiger partial charge in [0.05, 0.1) is 6.20 Å². The largest absolute Gasteiger partial charge is 0.310 e. The van der Waals surface area contributed by atoms with Gasteiger partial charge in [0, 0.05) is 24.3 Å². The van der Waals surface area contributed by atoms with Gasteiger partial charge in [0.1, 0.15) is 0 Å². The van der Waals surface area contributed by atoms with Crippen LogP contribution in [0.4, 0.5) is 0 Å². The van der Waals surface area contributed by atoms with Gasteiger partial charge < -0.3 is 5.32 Å². The summed E-state index contributed by atoms with van der Waals surface area (Å²) in [7, 11) is 2.05. The molecule has 0 aliphatic heterocycles. The normalized spacial score (nSPS) is 19.3. The smallest absolute Gasteiger partial charge is 0.0540 e. The average molecular weight is 253 g/mol. The van der Waals surface area contributed by atoms with Crippen molar-refractivity contribution in [2.75, 3.05) is 18.1 Å².